The van der Waals surface area contributed by atoms with Crippen LogP contribution in [0.25, 0.3) is 0 Å². The maximum absolute atomic E-state index is 6.02. The molecule has 16 heavy (non-hydrogen) atoms. The fourth-order valence-electron chi connectivity index (χ4n) is 1.66. The van der Waals surface area contributed by atoms with E-state index in [0.29, 0.717) is 0 Å². The molecular weight excluding hydrogens is 214 g/mol. The van der Waals surface area contributed by atoms with Gasteiger partial charge in [0.2, 0.25) is 0 Å². The molecule has 3 heteroatoms. The van der Waals surface area contributed by atoms with Gasteiger partial charge in [-0.05, 0) is 72.1 Å². The van der Waals surface area contributed by atoms with Gasteiger partial charge in [-0.1, -0.05) is 0 Å². The van der Waals surface area contributed by atoms with Gasteiger partial charge in [0.05, 0.1) is 5.54 Å². The summed E-state index contributed by atoms with van der Waals surface area (Å²) in [6, 6.07) is 0. The summed E-state index contributed by atoms with van der Waals surface area (Å²) in [5, 5.41) is 0. The summed E-state index contributed by atoms with van der Waals surface area (Å²) < 4.78 is 6.02. The third-order valence-electron chi connectivity index (χ3n) is 1.92. The maximum atomic E-state index is 6.02. The number of aliphatic imine (C=N–C) groups is 1. The summed E-state index contributed by atoms with van der Waals surface area (Å²) in [4.78, 5) is 4.47. The van der Waals surface area contributed by atoms with Gasteiger partial charge in [0.15, 0.2) is 8.32 Å². The number of rotatable bonds is 5. The van der Waals surface area contributed by atoms with E-state index in [1.54, 1.807) is 0 Å². The normalized spacial score (nSPS) is 14.2. The molecule has 0 aliphatic rings. The second kappa shape index (κ2) is 5.81. The Morgan fingerprint density at radius 3 is 2.19 bits per heavy atom. The number of nitrogens with zero attached hydrogens (tertiary/aromatic N) is 1. The summed E-state index contributed by atoms with van der Waals surface area (Å²) in [5.41, 5.74) is 1.03. The lowest BCUT2D eigenvalue weighted by molar-refractivity contribution is 0.177. The van der Waals surface area contributed by atoms with Gasteiger partial charge in [0.1, 0.15) is 0 Å². The number of hydrogen-bond donors (Lipinski definition) is 0. The van der Waals surface area contributed by atoms with Crippen molar-refractivity contribution in [3.8, 4) is 0 Å². The molecule has 1 atom stereocenters. The second-order valence-electron chi connectivity index (χ2n) is 6.28. The highest BCUT2D eigenvalue weighted by atomic mass is 28.4. The molecule has 2 nitrogen and oxygen atoms in total. The van der Waals surface area contributed by atoms with Crippen LogP contribution in [0.2, 0.25) is 19.6 Å². The Hall–Kier alpha value is -0.373. The molecule has 0 aromatic carbocycles. The number of hydrogen-bond acceptors (Lipinski definition) is 2. The van der Waals surface area contributed by atoms with Crippen LogP contribution < -0.4 is 0 Å². The van der Waals surface area contributed by atoms with Crippen molar-refractivity contribution in [1.29, 1.82) is 0 Å². The van der Waals surface area contributed by atoms with Crippen LogP contribution in [0.15, 0.2) is 10.6 Å². The highest BCUT2D eigenvalue weighted by Crippen LogP contribution is 2.20. The minimum absolute atomic E-state index is 0.0870. The summed E-state index contributed by atoms with van der Waals surface area (Å²) >= 11 is 0. The van der Waals surface area contributed by atoms with Gasteiger partial charge in [0.25, 0.3) is 0 Å². The van der Waals surface area contributed by atoms with E-state index in [1.165, 1.54) is 0 Å². The molecule has 0 bridgehead atoms. The van der Waals surface area contributed by atoms with Crippen molar-refractivity contribution in [3.63, 3.8) is 0 Å². The summed E-state index contributed by atoms with van der Waals surface area (Å²) in [5.74, 6) is 3.05. The molecule has 1 unspecified atom stereocenters. The van der Waals surface area contributed by atoms with Gasteiger partial charge in [-0.3, -0.25) is 0 Å². The molecule has 0 aromatic rings. The lowest BCUT2D eigenvalue weighted by Crippen LogP contribution is -2.34. The van der Waals surface area contributed by atoms with Crippen LogP contribution in [0.4, 0.5) is 0 Å². The van der Waals surface area contributed by atoms with Crippen LogP contribution in [0.5, 0.6) is 0 Å². The first-order valence-electron chi connectivity index (χ1n) is 5.98. The Kier molecular flexibility index (Phi) is 5.67. The molecule has 94 valence electrons. The Balaban J connectivity index is 4.43. The van der Waals surface area contributed by atoms with E-state index in [-0.39, 0.29) is 11.6 Å². The van der Waals surface area contributed by atoms with E-state index in [4.69, 9.17) is 4.43 Å². The fraction of sp³-hybridized carbons (Fsp3) is 0.846. The van der Waals surface area contributed by atoms with E-state index in [2.05, 4.69) is 51.3 Å². The summed E-state index contributed by atoms with van der Waals surface area (Å²) in [6.07, 6.45) is 1.21. The van der Waals surface area contributed by atoms with Crippen molar-refractivity contribution in [1.82, 2.24) is 0 Å². The minimum Gasteiger partial charge on any atom is -0.415 e. The molecule has 0 rings (SSSR count). The summed E-state index contributed by atoms with van der Waals surface area (Å²) in [7, 11) is -1.43. The van der Waals surface area contributed by atoms with Crippen molar-refractivity contribution in [2.75, 3.05) is 0 Å². The highest BCUT2D eigenvalue weighted by molar-refractivity contribution is 6.69. The molecule has 0 heterocycles. The molecule has 0 radical (unpaired) electrons. The van der Waals surface area contributed by atoms with Gasteiger partial charge in [-0.2, -0.15) is 0 Å². The fourth-order valence-corrected chi connectivity index (χ4v) is 2.95. The molecule has 0 fully saturated rings. The Morgan fingerprint density at radius 1 is 1.31 bits per heavy atom. The van der Waals surface area contributed by atoms with Gasteiger partial charge in [0, 0.05) is 6.10 Å². The molecule has 0 aliphatic heterocycles. The third kappa shape index (κ3) is 8.90. The van der Waals surface area contributed by atoms with Crippen LogP contribution in [0.3, 0.4) is 0 Å². The van der Waals surface area contributed by atoms with Gasteiger partial charge in [-0.15, -0.1) is 0 Å². The van der Waals surface area contributed by atoms with Crippen LogP contribution in [-0.2, 0) is 4.43 Å². The molecular formula is C13H27NOSi. The van der Waals surface area contributed by atoms with Gasteiger partial charge < -0.3 is 4.43 Å². The minimum atomic E-state index is -1.43. The molecule has 0 spiro atoms. The quantitative estimate of drug-likeness (QED) is 0.526. The topological polar surface area (TPSA) is 21.6 Å². The van der Waals surface area contributed by atoms with Crippen molar-refractivity contribution in [2.24, 2.45) is 4.99 Å². The van der Waals surface area contributed by atoms with E-state index < -0.39 is 8.32 Å². The van der Waals surface area contributed by atoms with Crippen molar-refractivity contribution >= 4 is 14.2 Å². The van der Waals surface area contributed by atoms with Crippen molar-refractivity contribution in [2.45, 2.75) is 72.3 Å². The first kappa shape index (κ1) is 15.6. The average molecular weight is 241 g/mol. The van der Waals surface area contributed by atoms with Crippen LogP contribution in [-0.4, -0.2) is 25.8 Å². The molecule has 0 saturated carbocycles. The molecule has 0 aromatic heterocycles. The van der Waals surface area contributed by atoms with E-state index in [1.807, 2.05) is 13.8 Å². The van der Waals surface area contributed by atoms with E-state index >= 15 is 0 Å². The Labute approximate surface area is 102 Å². The second-order valence-corrected chi connectivity index (χ2v) is 10.7. The first-order valence-corrected chi connectivity index (χ1v) is 9.38. The molecule has 0 amide bonds. The van der Waals surface area contributed by atoms with Gasteiger partial charge >= 0.3 is 0 Å². The van der Waals surface area contributed by atoms with Crippen molar-refractivity contribution < 1.29 is 4.43 Å². The van der Waals surface area contributed by atoms with Gasteiger partial charge in [-0.25, -0.2) is 4.99 Å². The zero-order chi connectivity index (χ0) is 13.0. The molecule has 0 saturated heterocycles. The SMILES string of the molecule is CC(C)=C=NC(C)(C)CC(C)O[Si](C)(C)C. The summed E-state index contributed by atoms with van der Waals surface area (Å²) in [6.45, 7) is 17.1. The zero-order valence-corrected chi connectivity index (χ0v) is 13.1. The predicted molar refractivity (Wildman–Crippen MR) is 74.9 cm³/mol. The third-order valence-corrected chi connectivity index (χ3v) is 3.03. The predicted octanol–water partition coefficient (Wildman–Crippen LogP) is 4.03. The van der Waals surface area contributed by atoms with E-state index in [0.717, 1.165) is 12.0 Å². The Morgan fingerprint density at radius 2 is 1.81 bits per heavy atom. The molecule has 0 N–H and O–H groups in total. The maximum Gasteiger partial charge on any atom is 0.184 e. The van der Waals surface area contributed by atoms with Crippen LogP contribution in [0.1, 0.15) is 41.0 Å². The lowest BCUT2D eigenvalue weighted by Gasteiger charge is -2.28. The first-order chi connectivity index (χ1) is 7.02. The van der Waals surface area contributed by atoms with Crippen molar-refractivity contribution in [3.05, 3.63) is 5.57 Å². The smallest absolute Gasteiger partial charge is 0.184 e. The lowest BCUT2D eigenvalue weighted by atomic mass is 9.98. The molecule has 0 aliphatic carbocycles. The highest BCUT2D eigenvalue weighted by Gasteiger charge is 2.24. The largest absolute Gasteiger partial charge is 0.415 e. The monoisotopic (exact) mass is 241 g/mol. The standard InChI is InChI=1S/C13H27NOSi/c1-11(2)10-14-13(4,5)9-12(3)15-16(6,7)8/h12H,9H2,1-8H3. The van der Waals surface area contributed by atoms with Crippen LogP contribution in [0, 0.1) is 0 Å². The zero-order valence-electron chi connectivity index (χ0n) is 12.1. The van der Waals surface area contributed by atoms with E-state index in [9.17, 15) is 0 Å². The Bertz CT molecular complexity index is 279. The average Bonchev–Trinajstić information content (AvgIpc) is 1.95. The number of allylic oxidation sites excluding steroid dienone is 1. The van der Waals surface area contributed by atoms with Crippen LogP contribution >= 0.6 is 0 Å².